The predicted molar refractivity (Wildman–Crippen MR) is 242 cm³/mol. The smallest absolute Gasteiger partial charge is 0.0544 e. The number of hydrogen-bond acceptors (Lipinski definition) is 0. The van der Waals surface area contributed by atoms with E-state index in [1.165, 1.54) is 99.5 Å². The Morgan fingerprint density at radius 1 is 0.293 bits per heavy atom. The van der Waals surface area contributed by atoms with Crippen molar-refractivity contribution in [2.75, 3.05) is 0 Å². The van der Waals surface area contributed by atoms with Crippen molar-refractivity contribution in [2.24, 2.45) is 11.8 Å². The van der Waals surface area contributed by atoms with Crippen molar-refractivity contribution in [3.8, 4) is 44.8 Å². The van der Waals surface area contributed by atoms with E-state index in [1.54, 1.807) is 0 Å². The molecule has 1 fully saturated rings. The van der Waals surface area contributed by atoms with E-state index in [2.05, 4.69) is 215 Å². The largest absolute Gasteiger partial charge is 0.309 e. The van der Waals surface area contributed by atoms with Crippen LogP contribution >= 0.6 is 0 Å². The molecule has 2 unspecified atom stereocenters. The van der Waals surface area contributed by atoms with Crippen LogP contribution in [0.15, 0.2) is 206 Å². The molecule has 2 atom stereocenters. The first kappa shape index (κ1) is 32.0. The van der Waals surface area contributed by atoms with Crippen LogP contribution in [0.1, 0.15) is 23.0 Å². The van der Waals surface area contributed by atoms with Gasteiger partial charge in [0.25, 0.3) is 0 Å². The fourth-order valence-corrected chi connectivity index (χ4v) is 10.5. The zero-order valence-corrected chi connectivity index (χ0v) is 31.8. The molecule has 4 bridgehead atoms. The zero-order chi connectivity index (χ0) is 37.9. The number of para-hydroxylation sites is 1. The summed E-state index contributed by atoms with van der Waals surface area (Å²) in [4.78, 5) is 0. The Hall–Kier alpha value is -7.16. The Bertz CT molecular complexity index is 3320. The molecule has 58 heavy (non-hydrogen) atoms. The summed E-state index contributed by atoms with van der Waals surface area (Å²) in [5, 5.41) is 5.14. The molecule has 0 radical (unpaired) electrons. The molecule has 0 aliphatic heterocycles. The molecular formula is C56H38N2. The Balaban J connectivity index is 0.988. The highest BCUT2D eigenvalue weighted by atomic mass is 15.0. The summed E-state index contributed by atoms with van der Waals surface area (Å²) in [6.07, 6.45) is 9.89. The minimum atomic E-state index is 0.333. The molecule has 4 aliphatic carbocycles. The number of fused-ring (bicyclic) bond motifs is 6. The summed E-state index contributed by atoms with van der Waals surface area (Å²) in [5.74, 6) is 2.17. The third kappa shape index (κ3) is 4.72. The summed E-state index contributed by atoms with van der Waals surface area (Å²) < 4.78 is 4.93. The van der Waals surface area contributed by atoms with E-state index in [0.29, 0.717) is 23.7 Å². The Morgan fingerprint density at radius 3 is 1.52 bits per heavy atom. The van der Waals surface area contributed by atoms with Gasteiger partial charge in [0.2, 0.25) is 0 Å². The van der Waals surface area contributed by atoms with E-state index in [4.69, 9.17) is 0 Å². The molecule has 1 saturated carbocycles. The molecule has 14 rings (SSSR count). The topological polar surface area (TPSA) is 9.86 Å². The molecule has 2 nitrogen and oxygen atoms in total. The van der Waals surface area contributed by atoms with Gasteiger partial charge in [-0.1, -0.05) is 140 Å². The second-order valence-electron chi connectivity index (χ2n) is 16.5. The standard InChI is InChI=1S/C56H38N2/c1-3-10-35(11-4-1)37-18-24-42(25-19-37)57-54-29-23-41(32-49(54)50-33-47-38-20-26-45-46(27-21-38)56(45)51(47)34-55(50)57)40-22-28-53-48(31-40)44-16-7-8-17-52(44)58(53)43-15-9-14-39(30-43)36-12-5-2-6-13-36/h1-34,38,45-46,56H. The van der Waals surface area contributed by atoms with Gasteiger partial charge in [0.05, 0.1) is 22.1 Å². The van der Waals surface area contributed by atoms with Crippen molar-refractivity contribution in [3.63, 3.8) is 0 Å². The normalized spacial score (nSPS) is 18.9. The second kappa shape index (κ2) is 12.2. The van der Waals surface area contributed by atoms with Gasteiger partial charge in [-0.25, -0.2) is 0 Å². The Kier molecular flexibility index (Phi) is 6.71. The Morgan fingerprint density at radius 2 is 0.810 bits per heavy atom. The lowest BCUT2D eigenvalue weighted by Gasteiger charge is -2.14. The lowest BCUT2D eigenvalue weighted by atomic mass is 9.91. The number of rotatable bonds is 5. The quantitative estimate of drug-likeness (QED) is 0.156. The van der Waals surface area contributed by atoms with E-state index in [0.717, 1.165) is 0 Å². The molecular weight excluding hydrogens is 701 g/mol. The van der Waals surface area contributed by atoms with Crippen molar-refractivity contribution < 1.29 is 0 Å². The van der Waals surface area contributed by atoms with Crippen LogP contribution in [-0.4, -0.2) is 9.13 Å². The van der Waals surface area contributed by atoms with Gasteiger partial charge in [-0.15, -0.1) is 0 Å². The van der Waals surface area contributed by atoms with E-state index in [-0.39, 0.29) is 0 Å². The lowest BCUT2D eigenvalue weighted by Crippen LogP contribution is -1.98. The third-order valence-corrected chi connectivity index (χ3v) is 13.4. The zero-order valence-electron chi connectivity index (χ0n) is 31.8. The SMILES string of the molecule is C1=CC2C3C=CC1c1cc4c5cc(-c6ccc7c(c6)c6ccccc6n7-c6cccc(-c7ccccc7)c6)ccc5n(-c5ccc(-c6ccccc6)cc5)c4cc1C23. The van der Waals surface area contributed by atoms with E-state index < -0.39 is 0 Å². The van der Waals surface area contributed by atoms with Crippen LogP contribution in [-0.2, 0) is 0 Å². The fraction of sp³-hybridized carbons (Fsp3) is 0.0714. The molecule has 0 amide bonds. The van der Waals surface area contributed by atoms with Crippen molar-refractivity contribution in [1.29, 1.82) is 0 Å². The maximum absolute atomic E-state index is 2.55. The number of aromatic nitrogens is 2. The highest BCUT2D eigenvalue weighted by molar-refractivity contribution is 6.13. The fourth-order valence-electron chi connectivity index (χ4n) is 10.5. The molecule has 8 aromatic carbocycles. The molecule has 2 heteroatoms. The number of benzene rings is 8. The monoisotopic (exact) mass is 738 g/mol. The number of hydrogen-bond donors (Lipinski definition) is 0. The average molecular weight is 739 g/mol. The second-order valence-corrected chi connectivity index (χ2v) is 16.5. The number of allylic oxidation sites excluding steroid dienone is 4. The maximum Gasteiger partial charge on any atom is 0.0544 e. The first-order valence-electron chi connectivity index (χ1n) is 20.6. The summed E-state index contributed by atoms with van der Waals surface area (Å²) in [5.41, 5.74) is 17.7. The van der Waals surface area contributed by atoms with Gasteiger partial charge in [-0.3, -0.25) is 0 Å². The van der Waals surface area contributed by atoms with Gasteiger partial charge < -0.3 is 9.13 Å². The van der Waals surface area contributed by atoms with Crippen LogP contribution in [0.5, 0.6) is 0 Å². The molecule has 0 spiro atoms. The molecule has 10 aromatic rings. The van der Waals surface area contributed by atoms with Gasteiger partial charge >= 0.3 is 0 Å². The van der Waals surface area contributed by atoms with Crippen molar-refractivity contribution in [1.82, 2.24) is 9.13 Å². The van der Waals surface area contributed by atoms with Crippen LogP contribution in [0.2, 0.25) is 0 Å². The number of nitrogens with zero attached hydrogens (tertiary/aromatic N) is 2. The minimum Gasteiger partial charge on any atom is -0.309 e. The summed E-state index contributed by atoms with van der Waals surface area (Å²) >= 11 is 0. The highest BCUT2D eigenvalue weighted by Crippen LogP contribution is 2.61. The predicted octanol–water partition coefficient (Wildman–Crippen LogP) is 14.4. The van der Waals surface area contributed by atoms with E-state index >= 15 is 0 Å². The first-order valence-corrected chi connectivity index (χ1v) is 20.6. The van der Waals surface area contributed by atoms with Gasteiger partial charge in [-0.2, -0.15) is 0 Å². The van der Waals surface area contributed by atoms with Crippen LogP contribution in [0, 0.1) is 11.8 Å². The summed E-state index contributed by atoms with van der Waals surface area (Å²) in [7, 11) is 0. The van der Waals surface area contributed by atoms with Gasteiger partial charge in [0.15, 0.2) is 0 Å². The van der Waals surface area contributed by atoms with Crippen LogP contribution in [0.3, 0.4) is 0 Å². The van der Waals surface area contributed by atoms with Crippen molar-refractivity contribution in [2.45, 2.75) is 11.8 Å². The van der Waals surface area contributed by atoms with Crippen molar-refractivity contribution in [3.05, 3.63) is 217 Å². The molecule has 0 N–H and O–H groups in total. The highest BCUT2D eigenvalue weighted by Gasteiger charge is 2.51. The summed E-state index contributed by atoms with van der Waals surface area (Å²) in [6, 6.07) is 67.5. The van der Waals surface area contributed by atoms with Crippen LogP contribution in [0.25, 0.3) is 88.4 Å². The minimum absolute atomic E-state index is 0.333. The molecule has 272 valence electrons. The summed E-state index contributed by atoms with van der Waals surface area (Å²) in [6.45, 7) is 0. The van der Waals surface area contributed by atoms with E-state index in [9.17, 15) is 0 Å². The van der Waals surface area contributed by atoms with Gasteiger partial charge in [-0.05, 0) is 129 Å². The van der Waals surface area contributed by atoms with Gasteiger partial charge in [0, 0.05) is 38.8 Å². The third-order valence-electron chi connectivity index (χ3n) is 13.4. The maximum atomic E-state index is 2.55. The van der Waals surface area contributed by atoms with Crippen LogP contribution in [0.4, 0.5) is 0 Å². The average Bonchev–Trinajstić information content (AvgIpc) is 3.92. The van der Waals surface area contributed by atoms with Crippen LogP contribution < -0.4 is 0 Å². The molecule has 2 heterocycles. The Labute approximate surface area is 337 Å². The lowest BCUT2D eigenvalue weighted by molar-refractivity contribution is 1.00. The first-order chi connectivity index (χ1) is 28.7. The molecule has 0 saturated heterocycles. The van der Waals surface area contributed by atoms with Gasteiger partial charge in [0.1, 0.15) is 0 Å². The van der Waals surface area contributed by atoms with Crippen molar-refractivity contribution >= 4 is 43.6 Å². The molecule has 2 aromatic heterocycles. The van der Waals surface area contributed by atoms with E-state index in [1.807, 2.05) is 0 Å². The molecule has 4 aliphatic rings.